The summed E-state index contributed by atoms with van der Waals surface area (Å²) in [5, 5.41) is 19.7. The van der Waals surface area contributed by atoms with E-state index in [0.717, 1.165) is 5.56 Å². The maximum absolute atomic E-state index is 11.7. The number of aliphatic hydroxyl groups is 1. The van der Waals surface area contributed by atoms with Gasteiger partial charge in [0.05, 0.1) is 11.6 Å². The molecule has 0 radical (unpaired) electrons. The first kappa shape index (κ1) is 15.1. The Morgan fingerprint density at radius 2 is 1.89 bits per heavy atom. The molecule has 1 unspecified atom stereocenters. The van der Waals surface area contributed by atoms with Gasteiger partial charge in [0.15, 0.2) is 6.04 Å². The molecule has 6 nitrogen and oxygen atoms in total. The van der Waals surface area contributed by atoms with Gasteiger partial charge in [-0.05, 0) is 17.7 Å². The summed E-state index contributed by atoms with van der Waals surface area (Å²) in [6.07, 6.45) is 0.436. The number of hydrogen-bond acceptors (Lipinski definition) is 4. The molecule has 0 saturated heterocycles. The number of nitrogens with two attached hydrogens (primary N) is 1. The molecule has 1 aromatic rings. The van der Waals surface area contributed by atoms with Crippen LogP contribution in [0, 0.1) is 0 Å². The highest BCUT2D eigenvalue weighted by Gasteiger charge is 2.19. The third-order valence-electron chi connectivity index (χ3n) is 2.38. The molecule has 0 aromatic heterocycles. The number of rotatable bonds is 6. The van der Waals surface area contributed by atoms with Gasteiger partial charge in [-0.2, -0.15) is 0 Å². The Hall–Kier alpha value is -1.99. The molecule has 0 aliphatic heterocycles. The van der Waals surface area contributed by atoms with Gasteiger partial charge in [-0.3, -0.25) is 4.79 Å². The van der Waals surface area contributed by atoms with E-state index in [-0.39, 0.29) is 0 Å². The van der Waals surface area contributed by atoms with Crippen molar-refractivity contribution in [3.63, 3.8) is 0 Å². The molecule has 19 heavy (non-hydrogen) atoms. The zero-order valence-corrected chi connectivity index (χ0v) is 10.8. The third-order valence-corrected chi connectivity index (χ3v) is 2.52. The van der Waals surface area contributed by atoms with Gasteiger partial charge in [0, 0.05) is 12.0 Å². The summed E-state index contributed by atoms with van der Waals surface area (Å²) in [6.45, 7) is -0.666. The molecule has 1 amide bonds. The van der Waals surface area contributed by atoms with Gasteiger partial charge in [0.25, 0.3) is 5.91 Å². The molecule has 102 valence electrons. The van der Waals surface area contributed by atoms with Crippen LogP contribution in [0.15, 0.2) is 24.3 Å². The van der Waals surface area contributed by atoms with E-state index >= 15 is 0 Å². The van der Waals surface area contributed by atoms with Crippen LogP contribution in [0.1, 0.15) is 15.9 Å². The number of hydrogen-bond donors (Lipinski definition) is 4. The maximum Gasteiger partial charge on any atom is 0.328 e. The van der Waals surface area contributed by atoms with Gasteiger partial charge in [0.1, 0.15) is 0 Å². The zero-order chi connectivity index (χ0) is 14.4. The van der Waals surface area contributed by atoms with Crippen LogP contribution >= 0.6 is 12.2 Å². The molecule has 0 heterocycles. The number of carbonyl (C=O) groups excluding carboxylic acids is 1. The smallest absolute Gasteiger partial charge is 0.328 e. The molecule has 0 fully saturated rings. The lowest BCUT2D eigenvalue weighted by atomic mass is 10.1. The highest BCUT2D eigenvalue weighted by molar-refractivity contribution is 7.80. The summed E-state index contributed by atoms with van der Waals surface area (Å²) >= 11 is 4.77. The van der Waals surface area contributed by atoms with E-state index in [1.807, 2.05) is 0 Å². The van der Waals surface area contributed by atoms with E-state index in [4.69, 9.17) is 28.2 Å². The summed E-state index contributed by atoms with van der Waals surface area (Å²) in [5.74, 6) is -1.86. The number of nitrogens with one attached hydrogen (secondary N) is 1. The molecular weight excluding hydrogens is 268 g/mol. The summed E-state index contributed by atoms with van der Waals surface area (Å²) in [5.41, 5.74) is 6.56. The minimum absolute atomic E-state index is 0.298. The van der Waals surface area contributed by atoms with E-state index in [1.54, 1.807) is 24.3 Å². The molecule has 0 aliphatic rings. The molecule has 0 spiro atoms. The van der Waals surface area contributed by atoms with Crippen LogP contribution < -0.4 is 11.1 Å². The minimum Gasteiger partial charge on any atom is -0.480 e. The summed E-state index contributed by atoms with van der Waals surface area (Å²) in [4.78, 5) is 22.7. The monoisotopic (exact) mass is 282 g/mol. The standard InChI is InChI=1S/C12H14N2O4S/c13-10(19)5-7-1-3-8(4-2-7)11(16)14-9(6-15)12(17)18/h1-4,9,15H,5-6H2,(H2,13,19)(H,14,16)(H,17,18). The van der Waals surface area contributed by atoms with Crippen molar-refractivity contribution in [2.75, 3.05) is 6.61 Å². The molecular formula is C12H14N2O4S. The van der Waals surface area contributed by atoms with Crippen molar-refractivity contribution in [1.82, 2.24) is 5.32 Å². The van der Waals surface area contributed by atoms with Gasteiger partial charge in [-0.15, -0.1) is 0 Å². The number of carboxylic acids is 1. The maximum atomic E-state index is 11.7. The Labute approximate surface area is 115 Å². The van der Waals surface area contributed by atoms with E-state index in [0.29, 0.717) is 17.0 Å². The lowest BCUT2D eigenvalue weighted by molar-refractivity contribution is -0.140. The number of amides is 1. The van der Waals surface area contributed by atoms with Crippen molar-refractivity contribution >= 4 is 29.1 Å². The van der Waals surface area contributed by atoms with E-state index in [2.05, 4.69) is 5.32 Å². The fourth-order valence-electron chi connectivity index (χ4n) is 1.40. The zero-order valence-electron chi connectivity index (χ0n) is 10.00. The first-order valence-electron chi connectivity index (χ1n) is 5.45. The van der Waals surface area contributed by atoms with Crippen LogP contribution in [0.25, 0.3) is 0 Å². The van der Waals surface area contributed by atoms with Crippen LogP contribution in [0.5, 0.6) is 0 Å². The number of aliphatic carboxylic acids is 1. The Morgan fingerprint density at radius 3 is 2.32 bits per heavy atom. The molecule has 0 aliphatic carbocycles. The highest BCUT2D eigenvalue weighted by Crippen LogP contribution is 2.06. The lowest BCUT2D eigenvalue weighted by Gasteiger charge is -2.11. The lowest BCUT2D eigenvalue weighted by Crippen LogP contribution is -2.43. The summed E-state index contributed by atoms with van der Waals surface area (Å²) in [7, 11) is 0. The van der Waals surface area contributed by atoms with Crippen LogP contribution in [-0.4, -0.2) is 39.7 Å². The van der Waals surface area contributed by atoms with Crippen LogP contribution in [0.2, 0.25) is 0 Å². The Morgan fingerprint density at radius 1 is 1.32 bits per heavy atom. The summed E-state index contributed by atoms with van der Waals surface area (Å²) in [6, 6.07) is 5.13. The van der Waals surface area contributed by atoms with Crippen molar-refractivity contribution in [3.8, 4) is 0 Å². The number of carboxylic acid groups (broad SMARTS) is 1. The summed E-state index contributed by atoms with van der Waals surface area (Å²) < 4.78 is 0. The number of carbonyl (C=O) groups is 2. The predicted octanol–water partition coefficient (Wildman–Crippen LogP) is -0.309. The SMILES string of the molecule is NC(=S)Cc1ccc(C(=O)NC(CO)C(=O)O)cc1. The predicted molar refractivity (Wildman–Crippen MR) is 72.9 cm³/mol. The van der Waals surface area contributed by atoms with Crippen molar-refractivity contribution in [1.29, 1.82) is 0 Å². The molecule has 1 rings (SSSR count). The Balaban J connectivity index is 2.72. The van der Waals surface area contributed by atoms with Gasteiger partial charge >= 0.3 is 5.97 Å². The van der Waals surface area contributed by atoms with E-state index in [9.17, 15) is 9.59 Å². The quantitative estimate of drug-likeness (QED) is 0.532. The van der Waals surface area contributed by atoms with Gasteiger partial charge in [-0.1, -0.05) is 24.4 Å². The fourth-order valence-corrected chi connectivity index (χ4v) is 1.57. The van der Waals surface area contributed by atoms with E-state index < -0.39 is 24.5 Å². The van der Waals surface area contributed by atoms with Gasteiger partial charge in [0.2, 0.25) is 0 Å². The van der Waals surface area contributed by atoms with Crippen LogP contribution in [-0.2, 0) is 11.2 Å². The van der Waals surface area contributed by atoms with Crippen molar-refractivity contribution in [3.05, 3.63) is 35.4 Å². The second kappa shape index (κ2) is 6.81. The highest BCUT2D eigenvalue weighted by atomic mass is 32.1. The first-order valence-corrected chi connectivity index (χ1v) is 5.86. The van der Waals surface area contributed by atoms with Gasteiger partial charge in [-0.25, -0.2) is 4.79 Å². The largest absolute Gasteiger partial charge is 0.480 e. The third kappa shape index (κ3) is 4.65. The normalized spacial score (nSPS) is 11.6. The van der Waals surface area contributed by atoms with Crippen molar-refractivity contribution in [2.24, 2.45) is 5.73 Å². The fraction of sp³-hybridized carbons (Fsp3) is 0.250. The number of thiocarbonyl (C=S) groups is 1. The molecule has 1 atom stereocenters. The first-order chi connectivity index (χ1) is 8.93. The second-order valence-electron chi connectivity index (χ2n) is 3.89. The Bertz CT molecular complexity index is 487. The minimum atomic E-state index is -1.32. The second-order valence-corrected chi connectivity index (χ2v) is 4.41. The average molecular weight is 282 g/mol. The average Bonchev–Trinajstić information content (AvgIpc) is 2.35. The molecule has 0 bridgehead atoms. The topological polar surface area (TPSA) is 113 Å². The van der Waals surface area contributed by atoms with E-state index in [1.165, 1.54) is 0 Å². The number of aliphatic hydroxyl groups excluding tert-OH is 1. The molecule has 7 heteroatoms. The van der Waals surface area contributed by atoms with Crippen LogP contribution in [0.4, 0.5) is 0 Å². The van der Waals surface area contributed by atoms with Crippen molar-refractivity contribution in [2.45, 2.75) is 12.5 Å². The molecule has 5 N–H and O–H groups in total. The number of benzene rings is 1. The molecule has 0 saturated carbocycles. The van der Waals surface area contributed by atoms with Gasteiger partial charge < -0.3 is 21.3 Å². The van der Waals surface area contributed by atoms with Crippen molar-refractivity contribution < 1.29 is 19.8 Å². The Kier molecular flexibility index (Phi) is 5.40. The molecule has 1 aromatic carbocycles. The van der Waals surface area contributed by atoms with Crippen LogP contribution in [0.3, 0.4) is 0 Å².